The Morgan fingerprint density at radius 3 is 2.57 bits per heavy atom. The molecule has 2 aromatic carbocycles. The van der Waals surface area contributed by atoms with Gasteiger partial charge >= 0.3 is 0 Å². The summed E-state index contributed by atoms with van der Waals surface area (Å²) < 4.78 is 0. The van der Waals surface area contributed by atoms with Gasteiger partial charge < -0.3 is 10.4 Å². The number of rotatable bonds is 7. The first-order valence-corrected chi connectivity index (χ1v) is 7.40. The van der Waals surface area contributed by atoms with Gasteiger partial charge in [-0.2, -0.15) is 0 Å². The summed E-state index contributed by atoms with van der Waals surface area (Å²) in [6.45, 7) is 4.84. The predicted octanol–water partition coefficient (Wildman–Crippen LogP) is 3.16. The Kier molecular flexibility index (Phi) is 5.10. The van der Waals surface area contributed by atoms with Gasteiger partial charge in [-0.25, -0.2) is 0 Å². The van der Waals surface area contributed by atoms with Gasteiger partial charge in [0.1, 0.15) is 0 Å². The van der Waals surface area contributed by atoms with Crippen LogP contribution < -0.4 is 5.32 Å². The van der Waals surface area contributed by atoms with Gasteiger partial charge in [0, 0.05) is 30.7 Å². The Hall–Kier alpha value is -1.71. The fraction of sp³-hybridized carbons (Fsp3) is 0.389. The Labute approximate surface area is 126 Å². The zero-order chi connectivity index (χ0) is 15.3. The second-order valence-electron chi connectivity index (χ2n) is 6.02. The van der Waals surface area contributed by atoms with Gasteiger partial charge in [-0.05, 0) is 37.1 Å². The summed E-state index contributed by atoms with van der Waals surface area (Å²) in [6, 6.07) is 13.9. The lowest BCUT2D eigenvalue weighted by atomic mass is 10.00. The minimum atomic E-state index is -0.140. The average Bonchev–Trinajstić information content (AvgIpc) is 2.46. The molecule has 0 bridgehead atoms. The smallest absolute Gasteiger partial charge is 0.164 e. The number of fused-ring (bicyclic) bond motifs is 1. The Morgan fingerprint density at radius 1 is 1.14 bits per heavy atom. The summed E-state index contributed by atoms with van der Waals surface area (Å²) in [6.07, 6.45) is 1.14. The van der Waals surface area contributed by atoms with Gasteiger partial charge in [0.15, 0.2) is 5.78 Å². The lowest BCUT2D eigenvalue weighted by Gasteiger charge is -2.25. The molecule has 3 nitrogen and oxygen atoms in total. The molecule has 0 spiro atoms. The standard InChI is InChI=1S/C18H23NO2/c1-18(2,10-12-20)19-11-9-17(21)16-8-7-14-5-3-4-6-15(14)13-16/h3-8,13,19-20H,9-12H2,1-2H3. The molecule has 2 rings (SSSR count). The van der Waals surface area contributed by atoms with Crippen LogP contribution in [0.3, 0.4) is 0 Å². The van der Waals surface area contributed by atoms with Crippen LogP contribution in [0.15, 0.2) is 42.5 Å². The Bertz CT molecular complexity index is 619. The van der Waals surface area contributed by atoms with E-state index in [2.05, 4.69) is 5.32 Å². The second kappa shape index (κ2) is 6.83. The fourth-order valence-electron chi connectivity index (χ4n) is 2.39. The number of nitrogens with one attached hydrogen (secondary N) is 1. The van der Waals surface area contributed by atoms with Gasteiger partial charge in [-0.3, -0.25) is 4.79 Å². The van der Waals surface area contributed by atoms with E-state index in [1.807, 2.05) is 56.3 Å². The third-order valence-corrected chi connectivity index (χ3v) is 3.76. The molecule has 0 saturated heterocycles. The molecule has 0 aromatic heterocycles. The van der Waals surface area contributed by atoms with Gasteiger partial charge in [0.05, 0.1) is 0 Å². The van der Waals surface area contributed by atoms with Crippen molar-refractivity contribution in [3.8, 4) is 0 Å². The van der Waals surface area contributed by atoms with Crippen molar-refractivity contribution < 1.29 is 9.90 Å². The molecule has 112 valence electrons. The van der Waals surface area contributed by atoms with Crippen molar-refractivity contribution in [1.82, 2.24) is 5.32 Å². The van der Waals surface area contributed by atoms with E-state index in [-0.39, 0.29) is 17.9 Å². The minimum absolute atomic E-state index is 0.140. The van der Waals surface area contributed by atoms with E-state index in [9.17, 15) is 4.79 Å². The first kappa shape index (κ1) is 15.7. The maximum absolute atomic E-state index is 12.2. The Balaban J connectivity index is 1.96. The number of hydrogen-bond acceptors (Lipinski definition) is 3. The summed E-state index contributed by atoms with van der Waals surface area (Å²) in [4.78, 5) is 12.2. The molecule has 3 heteroatoms. The quantitative estimate of drug-likeness (QED) is 0.768. The maximum atomic E-state index is 12.2. The summed E-state index contributed by atoms with van der Waals surface area (Å²) in [5, 5.41) is 14.5. The normalized spacial score (nSPS) is 11.8. The van der Waals surface area contributed by atoms with Crippen LogP contribution in [0.4, 0.5) is 0 Å². The molecule has 0 unspecified atom stereocenters. The van der Waals surface area contributed by atoms with E-state index in [4.69, 9.17) is 5.11 Å². The van der Waals surface area contributed by atoms with Gasteiger partial charge in [0.2, 0.25) is 0 Å². The fourth-order valence-corrected chi connectivity index (χ4v) is 2.39. The molecule has 0 amide bonds. The molecule has 0 aliphatic rings. The van der Waals surface area contributed by atoms with Crippen LogP contribution in [-0.4, -0.2) is 29.6 Å². The first-order chi connectivity index (χ1) is 10.0. The number of ketones is 1. The number of aliphatic hydroxyl groups excluding tert-OH is 1. The van der Waals surface area contributed by atoms with Crippen LogP contribution in [0, 0.1) is 0 Å². The molecule has 0 heterocycles. The van der Waals surface area contributed by atoms with E-state index in [1.165, 1.54) is 0 Å². The molecular formula is C18H23NO2. The van der Waals surface area contributed by atoms with Crippen LogP contribution in [-0.2, 0) is 0 Å². The molecule has 0 radical (unpaired) electrons. The van der Waals surface area contributed by atoms with E-state index in [0.717, 1.165) is 16.3 Å². The van der Waals surface area contributed by atoms with E-state index < -0.39 is 0 Å². The van der Waals surface area contributed by atoms with Crippen molar-refractivity contribution >= 4 is 16.6 Å². The highest BCUT2D eigenvalue weighted by molar-refractivity contribution is 6.00. The summed E-state index contributed by atoms with van der Waals surface area (Å²) in [5.41, 5.74) is 0.619. The van der Waals surface area contributed by atoms with Crippen molar-refractivity contribution in [1.29, 1.82) is 0 Å². The summed E-state index contributed by atoms with van der Waals surface area (Å²) in [7, 11) is 0. The zero-order valence-electron chi connectivity index (χ0n) is 12.7. The van der Waals surface area contributed by atoms with E-state index in [1.54, 1.807) is 0 Å². The number of Topliss-reactive ketones (excluding diaryl/α,β-unsaturated/α-hetero) is 1. The number of carbonyl (C=O) groups is 1. The largest absolute Gasteiger partial charge is 0.396 e. The number of benzene rings is 2. The van der Waals surface area contributed by atoms with E-state index >= 15 is 0 Å². The Morgan fingerprint density at radius 2 is 1.86 bits per heavy atom. The van der Waals surface area contributed by atoms with Gasteiger partial charge in [0.25, 0.3) is 0 Å². The number of hydrogen-bond donors (Lipinski definition) is 2. The monoisotopic (exact) mass is 285 g/mol. The molecule has 0 saturated carbocycles. The highest BCUT2D eigenvalue weighted by Gasteiger charge is 2.16. The molecule has 0 fully saturated rings. The van der Waals surface area contributed by atoms with Crippen molar-refractivity contribution in [2.45, 2.75) is 32.2 Å². The van der Waals surface area contributed by atoms with Crippen molar-refractivity contribution in [2.75, 3.05) is 13.2 Å². The lowest BCUT2D eigenvalue weighted by molar-refractivity contribution is 0.0979. The zero-order valence-corrected chi connectivity index (χ0v) is 12.7. The number of carbonyl (C=O) groups excluding carboxylic acids is 1. The predicted molar refractivity (Wildman–Crippen MR) is 86.7 cm³/mol. The highest BCUT2D eigenvalue weighted by atomic mass is 16.3. The highest BCUT2D eigenvalue weighted by Crippen LogP contribution is 2.16. The maximum Gasteiger partial charge on any atom is 0.164 e. The van der Waals surface area contributed by atoms with Crippen LogP contribution in [0.5, 0.6) is 0 Å². The summed E-state index contributed by atoms with van der Waals surface area (Å²) in [5.74, 6) is 0.146. The van der Waals surface area contributed by atoms with Gasteiger partial charge in [-0.1, -0.05) is 36.4 Å². The van der Waals surface area contributed by atoms with Crippen molar-refractivity contribution in [2.24, 2.45) is 0 Å². The minimum Gasteiger partial charge on any atom is -0.396 e. The van der Waals surface area contributed by atoms with E-state index in [0.29, 0.717) is 19.4 Å². The molecule has 2 aromatic rings. The van der Waals surface area contributed by atoms with Crippen LogP contribution in [0.1, 0.15) is 37.0 Å². The van der Waals surface area contributed by atoms with Crippen molar-refractivity contribution in [3.05, 3.63) is 48.0 Å². The van der Waals surface area contributed by atoms with Crippen LogP contribution >= 0.6 is 0 Å². The molecular weight excluding hydrogens is 262 g/mol. The molecule has 21 heavy (non-hydrogen) atoms. The van der Waals surface area contributed by atoms with Gasteiger partial charge in [-0.15, -0.1) is 0 Å². The lowest BCUT2D eigenvalue weighted by Crippen LogP contribution is -2.41. The second-order valence-corrected chi connectivity index (χ2v) is 6.02. The molecule has 0 aliphatic carbocycles. The average molecular weight is 285 g/mol. The third kappa shape index (κ3) is 4.38. The topological polar surface area (TPSA) is 49.3 Å². The number of aliphatic hydroxyl groups is 1. The molecule has 0 atom stereocenters. The third-order valence-electron chi connectivity index (χ3n) is 3.76. The molecule has 2 N–H and O–H groups in total. The first-order valence-electron chi connectivity index (χ1n) is 7.40. The van der Waals surface area contributed by atoms with Crippen LogP contribution in [0.25, 0.3) is 10.8 Å². The molecule has 0 aliphatic heterocycles. The van der Waals surface area contributed by atoms with Crippen molar-refractivity contribution in [3.63, 3.8) is 0 Å². The summed E-state index contributed by atoms with van der Waals surface area (Å²) >= 11 is 0. The van der Waals surface area contributed by atoms with Crippen LogP contribution in [0.2, 0.25) is 0 Å². The SMILES string of the molecule is CC(C)(CCO)NCCC(=O)c1ccc2ccccc2c1.